The number of allylic oxidation sites excluding steroid dienone is 1. The number of rotatable bonds is 5. The van der Waals surface area contributed by atoms with Gasteiger partial charge in [-0.1, -0.05) is 55.3 Å². The van der Waals surface area contributed by atoms with Crippen molar-refractivity contribution < 1.29 is 9.59 Å². The molecule has 1 fully saturated rings. The normalized spacial score (nSPS) is 20.7. The molecule has 1 aromatic carbocycles. The van der Waals surface area contributed by atoms with E-state index in [9.17, 15) is 14.9 Å². The summed E-state index contributed by atoms with van der Waals surface area (Å²) >= 11 is 1.25. The van der Waals surface area contributed by atoms with E-state index in [1.807, 2.05) is 31.2 Å². The van der Waals surface area contributed by atoms with Crippen molar-refractivity contribution in [1.29, 1.82) is 5.26 Å². The van der Waals surface area contributed by atoms with Gasteiger partial charge in [0.15, 0.2) is 0 Å². The molecule has 3 rings (SSSR count). The van der Waals surface area contributed by atoms with Crippen LogP contribution < -0.4 is 10.6 Å². The number of nitrogens with one attached hydrogen (secondary N) is 2. The number of nitriles is 1. The second-order valence-corrected chi connectivity index (χ2v) is 8.19. The standard InChI is InChI=1S/C21H25N3O2S/c1-14-7-5-6-10-16(14)17-11-19(25)24-21(18(17)12-22)27-13-20(26)23-15-8-3-2-4-9-15/h5-7,10,15,17H,2-4,8-9,11,13H2,1H3,(H,23,26)(H,24,25). The Hall–Kier alpha value is -2.26. The van der Waals surface area contributed by atoms with Crippen LogP contribution in [-0.4, -0.2) is 23.6 Å². The molecule has 0 saturated heterocycles. The number of amides is 2. The molecule has 2 amide bonds. The van der Waals surface area contributed by atoms with Gasteiger partial charge in [-0.25, -0.2) is 0 Å². The number of carbonyl (C=O) groups excluding carboxylic acids is 2. The van der Waals surface area contributed by atoms with Gasteiger partial charge in [0, 0.05) is 18.4 Å². The van der Waals surface area contributed by atoms with Gasteiger partial charge in [-0.05, 0) is 30.9 Å². The topological polar surface area (TPSA) is 82.0 Å². The Bertz CT molecular complexity index is 791. The minimum absolute atomic E-state index is 0.0380. The summed E-state index contributed by atoms with van der Waals surface area (Å²) in [5, 5.41) is 16.1. The van der Waals surface area contributed by atoms with Crippen molar-refractivity contribution in [1.82, 2.24) is 10.6 Å². The van der Waals surface area contributed by atoms with Crippen LogP contribution in [0.3, 0.4) is 0 Å². The highest BCUT2D eigenvalue weighted by atomic mass is 32.2. The molecule has 0 bridgehead atoms. The first-order valence-electron chi connectivity index (χ1n) is 9.50. The highest BCUT2D eigenvalue weighted by Gasteiger charge is 2.30. The van der Waals surface area contributed by atoms with Gasteiger partial charge < -0.3 is 10.6 Å². The van der Waals surface area contributed by atoms with E-state index in [2.05, 4.69) is 16.7 Å². The molecule has 1 heterocycles. The summed E-state index contributed by atoms with van der Waals surface area (Å²) in [5.74, 6) is -0.201. The average molecular weight is 384 g/mol. The van der Waals surface area contributed by atoms with Crippen molar-refractivity contribution in [3.05, 3.63) is 46.0 Å². The summed E-state index contributed by atoms with van der Waals surface area (Å²) in [6.07, 6.45) is 5.90. The number of carbonyl (C=O) groups is 2. The van der Waals surface area contributed by atoms with Crippen LogP contribution in [0.25, 0.3) is 0 Å². The zero-order chi connectivity index (χ0) is 19.2. The molecule has 1 unspecified atom stereocenters. The molecule has 1 atom stereocenters. The number of benzene rings is 1. The van der Waals surface area contributed by atoms with Gasteiger partial charge in [0.25, 0.3) is 0 Å². The van der Waals surface area contributed by atoms with Gasteiger partial charge >= 0.3 is 0 Å². The number of hydrogen-bond donors (Lipinski definition) is 2. The van der Waals surface area contributed by atoms with Gasteiger partial charge in [0.2, 0.25) is 11.8 Å². The van der Waals surface area contributed by atoms with Gasteiger partial charge in [0.1, 0.15) is 0 Å². The summed E-state index contributed by atoms with van der Waals surface area (Å²) in [4.78, 5) is 24.5. The highest BCUT2D eigenvalue weighted by Crippen LogP contribution is 2.37. The fourth-order valence-electron chi connectivity index (χ4n) is 3.83. The third kappa shape index (κ3) is 4.92. The Balaban J connectivity index is 1.71. The van der Waals surface area contributed by atoms with Crippen LogP contribution in [0.15, 0.2) is 34.9 Å². The Kier molecular flexibility index (Phi) is 6.57. The van der Waals surface area contributed by atoms with Crippen LogP contribution in [0.2, 0.25) is 0 Å². The summed E-state index contributed by atoms with van der Waals surface area (Å²) < 4.78 is 0. The Morgan fingerprint density at radius 1 is 1.30 bits per heavy atom. The lowest BCUT2D eigenvalue weighted by Crippen LogP contribution is -2.38. The Labute approximate surface area is 164 Å². The molecule has 1 aliphatic carbocycles. The van der Waals surface area contributed by atoms with Gasteiger partial charge in [-0.15, -0.1) is 0 Å². The summed E-state index contributed by atoms with van der Waals surface area (Å²) in [5.41, 5.74) is 2.59. The SMILES string of the molecule is Cc1ccccc1C1CC(=O)NC(SCC(=O)NC2CCCCC2)=C1C#N. The molecule has 0 spiro atoms. The van der Waals surface area contributed by atoms with E-state index in [-0.39, 0.29) is 35.9 Å². The first kappa shape index (κ1) is 19.5. The summed E-state index contributed by atoms with van der Waals surface area (Å²) in [7, 11) is 0. The number of hydrogen-bond acceptors (Lipinski definition) is 4. The number of nitrogens with zero attached hydrogens (tertiary/aromatic N) is 1. The van der Waals surface area contributed by atoms with E-state index in [0.717, 1.165) is 36.8 Å². The average Bonchev–Trinajstić information content (AvgIpc) is 2.67. The van der Waals surface area contributed by atoms with Crippen LogP contribution in [-0.2, 0) is 9.59 Å². The highest BCUT2D eigenvalue weighted by molar-refractivity contribution is 8.03. The molecule has 1 aromatic rings. The van der Waals surface area contributed by atoms with E-state index in [4.69, 9.17) is 0 Å². The first-order chi connectivity index (χ1) is 13.1. The van der Waals surface area contributed by atoms with Crippen molar-refractivity contribution in [3.8, 4) is 6.07 Å². The molecule has 2 N–H and O–H groups in total. The lowest BCUT2D eigenvalue weighted by atomic mass is 9.85. The van der Waals surface area contributed by atoms with Crippen LogP contribution in [0.1, 0.15) is 55.6 Å². The maximum atomic E-state index is 12.3. The number of thioether (sulfide) groups is 1. The second-order valence-electron chi connectivity index (χ2n) is 7.21. The fraction of sp³-hybridized carbons (Fsp3) is 0.476. The van der Waals surface area contributed by atoms with Crippen LogP contribution in [0.5, 0.6) is 0 Å². The molecule has 6 heteroatoms. The summed E-state index contributed by atoms with van der Waals surface area (Å²) in [6, 6.07) is 10.4. The molecule has 0 radical (unpaired) electrons. The minimum Gasteiger partial charge on any atom is -0.353 e. The minimum atomic E-state index is -0.256. The Morgan fingerprint density at radius 3 is 2.74 bits per heavy atom. The second kappa shape index (κ2) is 9.09. The first-order valence-corrected chi connectivity index (χ1v) is 10.5. The maximum absolute atomic E-state index is 12.3. The van der Waals surface area contributed by atoms with Crippen molar-refractivity contribution in [2.45, 2.75) is 57.4 Å². The zero-order valence-electron chi connectivity index (χ0n) is 15.6. The molecular formula is C21H25N3O2S. The molecular weight excluding hydrogens is 358 g/mol. The smallest absolute Gasteiger partial charge is 0.230 e. The van der Waals surface area contributed by atoms with Crippen LogP contribution >= 0.6 is 11.8 Å². The molecule has 0 aromatic heterocycles. The van der Waals surface area contributed by atoms with Gasteiger partial charge in [-0.3, -0.25) is 9.59 Å². The third-order valence-electron chi connectivity index (χ3n) is 5.24. The lowest BCUT2D eigenvalue weighted by molar-refractivity contribution is -0.121. The predicted octanol–water partition coefficient (Wildman–Crippen LogP) is 3.52. The molecule has 1 saturated carbocycles. The fourth-order valence-corrected chi connectivity index (χ4v) is 4.72. The molecule has 27 heavy (non-hydrogen) atoms. The van der Waals surface area contributed by atoms with E-state index < -0.39 is 0 Å². The largest absolute Gasteiger partial charge is 0.353 e. The van der Waals surface area contributed by atoms with Crippen LogP contribution in [0, 0.1) is 18.3 Å². The van der Waals surface area contributed by atoms with Gasteiger partial charge in [-0.2, -0.15) is 5.26 Å². The van der Waals surface area contributed by atoms with Crippen molar-refractivity contribution in [2.24, 2.45) is 0 Å². The molecule has 2 aliphatic rings. The maximum Gasteiger partial charge on any atom is 0.230 e. The van der Waals surface area contributed by atoms with E-state index in [1.54, 1.807) is 0 Å². The van der Waals surface area contributed by atoms with Crippen molar-refractivity contribution in [2.75, 3.05) is 5.75 Å². The van der Waals surface area contributed by atoms with Gasteiger partial charge in [0.05, 0.1) is 22.4 Å². The lowest BCUT2D eigenvalue weighted by Gasteiger charge is -2.26. The Morgan fingerprint density at radius 2 is 2.04 bits per heavy atom. The van der Waals surface area contributed by atoms with Crippen molar-refractivity contribution in [3.63, 3.8) is 0 Å². The van der Waals surface area contributed by atoms with E-state index in [0.29, 0.717) is 10.6 Å². The molecule has 142 valence electrons. The predicted molar refractivity (Wildman–Crippen MR) is 107 cm³/mol. The zero-order valence-corrected chi connectivity index (χ0v) is 16.4. The monoisotopic (exact) mass is 383 g/mol. The third-order valence-corrected chi connectivity index (χ3v) is 6.25. The quantitative estimate of drug-likeness (QED) is 0.815. The summed E-state index contributed by atoms with van der Waals surface area (Å²) in [6.45, 7) is 1.99. The number of aryl methyl sites for hydroxylation is 1. The van der Waals surface area contributed by atoms with Crippen molar-refractivity contribution >= 4 is 23.6 Å². The van der Waals surface area contributed by atoms with E-state index in [1.165, 1.54) is 18.2 Å². The molecule has 5 nitrogen and oxygen atoms in total. The van der Waals surface area contributed by atoms with Crippen LogP contribution in [0.4, 0.5) is 0 Å². The molecule has 1 aliphatic heterocycles. The van der Waals surface area contributed by atoms with E-state index >= 15 is 0 Å².